The van der Waals surface area contributed by atoms with E-state index in [2.05, 4.69) is 63.8 Å². The second-order valence-corrected chi connectivity index (χ2v) is 3.83. The molecule has 3 nitrogen and oxygen atoms in total. The average Bonchev–Trinajstić information content (AvgIpc) is 2.04. The first-order chi connectivity index (χ1) is 5.93. The van der Waals surface area contributed by atoms with Gasteiger partial charge in [0.25, 0.3) is 0 Å². The first kappa shape index (κ1) is 12.9. The third kappa shape index (κ3) is 2.22. The van der Waals surface area contributed by atoms with E-state index in [4.69, 9.17) is 0 Å². The summed E-state index contributed by atoms with van der Waals surface area (Å²) in [6.45, 7) is 7.23. The van der Waals surface area contributed by atoms with Crippen LogP contribution in [0.2, 0.25) is 0 Å². The Balaban J connectivity index is 4.86. The van der Waals surface area contributed by atoms with Gasteiger partial charge in [-0.2, -0.15) is 0 Å². The first-order valence-corrected chi connectivity index (χ1v) is 4.78. The van der Waals surface area contributed by atoms with Gasteiger partial charge in [0, 0.05) is 0 Å². The molecule has 0 aromatic carbocycles. The Morgan fingerprint density at radius 3 is 1.46 bits per heavy atom. The van der Waals surface area contributed by atoms with Crippen LogP contribution in [0.1, 0.15) is 13.3 Å². The first-order valence-electron chi connectivity index (χ1n) is 4.78. The van der Waals surface area contributed by atoms with E-state index in [0.717, 1.165) is 13.0 Å². The highest BCUT2D eigenvalue weighted by molar-refractivity contribution is 4.84. The zero-order valence-corrected chi connectivity index (χ0v) is 9.96. The van der Waals surface area contributed by atoms with Gasteiger partial charge < -0.3 is 0 Å². The van der Waals surface area contributed by atoms with Crippen LogP contribution >= 0.6 is 0 Å². The largest absolute Gasteiger partial charge is 0.279 e. The monoisotopic (exact) mass is 186 g/mol. The quantitative estimate of drug-likeness (QED) is 0.592. The SMILES string of the molecule is [CH2]CC(N(C)C)(N(C)C)N(C)CC. The second kappa shape index (κ2) is 4.94. The molecule has 1 radical (unpaired) electrons. The van der Waals surface area contributed by atoms with Gasteiger partial charge in [0.1, 0.15) is 5.79 Å². The molecule has 0 heterocycles. The predicted molar refractivity (Wildman–Crippen MR) is 58.4 cm³/mol. The Morgan fingerprint density at radius 2 is 1.38 bits per heavy atom. The Bertz CT molecular complexity index is 135. The number of nitrogens with zero attached hydrogens (tertiary/aromatic N) is 3. The highest BCUT2D eigenvalue weighted by Gasteiger charge is 2.36. The predicted octanol–water partition coefficient (Wildman–Crippen LogP) is 0.939. The molecule has 79 valence electrons. The van der Waals surface area contributed by atoms with Crippen LogP contribution in [0.15, 0.2) is 0 Å². The van der Waals surface area contributed by atoms with Crippen LogP contribution in [0.25, 0.3) is 0 Å². The lowest BCUT2D eigenvalue weighted by molar-refractivity contribution is -0.116. The van der Waals surface area contributed by atoms with Crippen LogP contribution in [-0.2, 0) is 0 Å². The van der Waals surface area contributed by atoms with E-state index in [1.165, 1.54) is 0 Å². The third-order valence-electron chi connectivity index (χ3n) is 2.85. The molecule has 0 aliphatic heterocycles. The summed E-state index contributed by atoms with van der Waals surface area (Å²) in [6.07, 6.45) is 0.845. The maximum absolute atomic E-state index is 4.04. The summed E-state index contributed by atoms with van der Waals surface area (Å²) >= 11 is 0. The van der Waals surface area contributed by atoms with Gasteiger partial charge in [-0.05, 0) is 55.1 Å². The van der Waals surface area contributed by atoms with Gasteiger partial charge in [0.15, 0.2) is 0 Å². The summed E-state index contributed by atoms with van der Waals surface area (Å²) in [5, 5.41) is 0. The van der Waals surface area contributed by atoms with Crippen LogP contribution in [0.4, 0.5) is 0 Å². The van der Waals surface area contributed by atoms with Crippen molar-refractivity contribution in [1.82, 2.24) is 14.7 Å². The fraction of sp³-hybridized carbons (Fsp3) is 0.900. The molecule has 0 aliphatic rings. The molecular formula is C10H24N3. The summed E-state index contributed by atoms with van der Waals surface area (Å²) in [5.74, 6) is -0.0608. The molecule has 0 rings (SSSR count). The van der Waals surface area contributed by atoms with Crippen LogP contribution < -0.4 is 0 Å². The van der Waals surface area contributed by atoms with Crippen molar-refractivity contribution in [1.29, 1.82) is 0 Å². The van der Waals surface area contributed by atoms with Gasteiger partial charge in [-0.3, -0.25) is 14.7 Å². The van der Waals surface area contributed by atoms with Crippen molar-refractivity contribution in [3.63, 3.8) is 0 Å². The maximum atomic E-state index is 4.04. The molecule has 13 heavy (non-hydrogen) atoms. The lowest BCUT2D eigenvalue weighted by Crippen LogP contribution is -2.64. The lowest BCUT2D eigenvalue weighted by Gasteiger charge is -2.50. The molecule has 3 heteroatoms. The molecule has 0 bridgehead atoms. The zero-order chi connectivity index (χ0) is 10.6. The van der Waals surface area contributed by atoms with Crippen LogP contribution in [0, 0.1) is 6.92 Å². The molecule has 0 aromatic rings. The Hall–Kier alpha value is -0.120. The highest BCUT2D eigenvalue weighted by Crippen LogP contribution is 2.22. The minimum Gasteiger partial charge on any atom is -0.279 e. The minimum absolute atomic E-state index is 0.0608. The summed E-state index contributed by atoms with van der Waals surface area (Å²) in [7, 11) is 10.5. The van der Waals surface area contributed by atoms with E-state index < -0.39 is 0 Å². The van der Waals surface area contributed by atoms with E-state index >= 15 is 0 Å². The fourth-order valence-electron chi connectivity index (χ4n) is 1.97. The Morgan fingerprint density at radius 1 is 1.00 bits per heavy atom. The molecule has 0 amide bonds. The summed E-state index contributed by atoms with van der Waals surface area (Å²) in [5.41, 5.74) is 0. The molecule has 0 spiro atoms. The molecule has 0 N–H and O–H groups in total. The topological polar surface area (TPSA) is 9.72 Å². The van der Waals surface area contributed by atoms with Gasteiger partial charge in [-0.25, -0.2) is 0 Å². The number of rotatable bonds is 5. The molecule has 0 saturated carbocycles. The Labute approximate surface area is 83.3 Å². The summed E-state index contributed by atoms with van der Waals surface area (Å²) in [6, 6.07) is 0. The van der Waals surface area contributed by atoms with Crippen LogP contribution in [-0.4, -0.2) is 62.3 Å². The van der Waals surface area contributed by atoms with E-state index in [1.54, 1.807) is 0 Å². The standard InChI is InChI=1S/C10H24N3/c1-8-10(11(3)4,12(5)6)13(7)9-2/h1,8-9H2,2-7H3. The van der Waals surface area contributed by atoms with Crippen molar-refractivity contribution in [2.24, 2.45) is 0 Å². The fourth-order valence-corrected chi connectivity index (χ4v) is 1.97. The third-order valence-corrected chi connectivity index (χ3v) is 2.85. The van der Waals surface area contributed by atoms with Crippen LogP contribution in [0.5, 0.6) is 0 Å². The molecule has 0 aliphatic carbocycles. The van der Waals surface area contributed by atoms with Gasteiger partial charge >= 0.3 is 0 Å². The maximum Gasteiger partial charge on any atom is 0.129 e. The molecule has 0 unspecified atom stereocenters. The molecule has 0 atom stereocenters. The minimum atomic E-state index is -0.0608. The van der Waals surface area contributed by atoms with E-state index in [1.807, 2.05) is 0 Å². The molecular weight excluding hydrogens is 162 g/mol. The van der Waals surface area contributed by atoms with Crippen molar-refractivity contribution >= 4 is 0 Å². The Kier molecular flexibility index (Phi) is 4.89. The average molecular weight is 186 g/mol. The lowest BCUT2D eigenvalue weighted by atomic mass is 10.2. The van der Waals surface area contributed by atoms with Crippen molar-refractivity contribution in [3.8, 4) is 0 Å². The summed E-state index contributed by atoms with van der Waals surface area (Å²) < 4.78 is 0. The number of hydrogen-bond acceptors (Lipinski definition) is 3. The normalized spacial score (nSPS) is 13.4. The van der Waals surface area contributed by atoms with E-state index in [9.17, 15) is 0 Å². The summed E-state index contributed by atoms with van der Waals surface area (Å²) in [4.78, 5) is 6.73. The smallest absolute Gasteiger partial charge is 0.129 e. The molecule has 0 fully saturated rings. The van der Waals surface area contributed by atoms with E-state index in [0.29, 0.717) is 0 Å². The highest BCUT2D eigenvalue weighted by atomic mass is 15.5. The number of hydrogen-bond donors (Lipinski definition) is 0. The second-order valence-electron chi connectivity index (χ2n) is 3.83. The van der Waals surface area contributed by atoms with Crippen molar-refractivity contribution in [3.05, 3.63) is 6.92 Å². The van der Waals surface area contributed by atoms with E-state index in [-0.39, 0.29) is 5.79 Å². The van der Waals surface area contributed by atoms with Gasteiger partial charge in [-0.15, -0.1) is 0 Å². The van der Waals surface area contributed by atoms with Crippen molar-refractivity contribution in [2.75, 3.05) is 41.8 Å². The van der Waals surface area contributed by atoms with Gasteiger partial charge in [-0.1, -0.05) is 6.92 Å². The van der Waals surface area contributed by atoms with Gasteiger partial charge in [0.05, 0.1) is 0 Å². The van der Waals surface area contributed by atoms with Crippen molar-refractivity contribution < 1.29 is 0 Å². The molecule has 0 aromatic heterocycles. The van der Waals surface area contributed by atoms with Gasteiger partial charge in [0.2, 0.25) is 0 Å². The van der Waals surface area contributed by atoms with Crippen molar-refractivity contribution in [2.45, 2.75) is 19.1 Å². The molecule has 0 saturated heterocycles. The zero-order valence-electron chi connectivity index (χ0n) is 9.96. The van der Waals surface area contributed by atoms with Crippen LogP contribution in [0.3, 0.4) is 0 Å².